The molecule has 2 unspecified atom stereocenters. The number of amides is 1. The lowest BCUT2D eigenvalue weighted by Gasteiger charge is -2.38. The molecule has 5 heteroatoms. The summed E-state index contributed by atoms with van der Waals surface area (Å²) < 4.78 is 5.19. The lowest BCUT2D eigenvalue weighted by atomic mass is 10.0. The van der Waals surface area contributed by atoms with Gasteiger partial charge in [0.1, 0.15) is 5.60 Å². The summed E-state index contributed by atoms with van der Waals surface area (Å²) in [4.78, 5) is 13.8. The predicted octanol–water partition coefficient (Wildman–Crippen LogP) is 1.35. The first-order valence-corrected chi connectivity index (χ1v) is 6.60. The van der Waals surface area contributed by atoms with Gasteiger partial charge in [0.2, 0.25) is 0 Å². The molecule has 1 fully saturated rings. The highest BCUT2D eigenvalue weighted by Gasteiger charge is 2.30. The molecular weight excluding hydrogens is 232 g/mol. The standard InChI is InChI=1S/C13H26N2O3/c1-9(2)15-7-6-10(11(16)8-15)14-12(17)18-13(3,4)5/h9-11,16H,6-8H2,1-5H3,(H,14,17). The van der Waals surface area contributed by atoms with Crippen LogP contribution in [-0.2, 0) is 4.74 Å². The Morgan fingerprint density at radius 2 is 2.06 bits per heavy atom. The zero-order chi connectivity index (χ0) is 13.9. The number of nitrogens with one attached hydrogen (secondary N) is 1. The summed E-state index contributed by atoms with van der Waals surface area (Å²) in [5.41, 5.74) is -0.506. The Bertz CT molecular complexity index is 286. The molecule has 0 aromatic carbocycles. The number of piperidine rings is 1. The van der Waals surface area contributed by atoms with Crippen molar-refractivity contribution in [3.63, 3.8) is 0 Å². The van der Waals surface area contributed by atoms with Gasteiger partial charge in [0, 0.05) is 19.1 Å². The molecule has 1 rings (SSSR count). The summed E-state index contributed by atoms with van der Waals surface area (Å²) in [5, 5.41) is 12.8. The molecule has 0 bridgehead atoms. The number of rotatable bonds is 2. The van der Waals surface area contributed by atoms with Gasteiger partial charge in [0.15, 0.2) is 0 Å². The molecule has 1 saturated heterocycles. The lowest BCUT2D eigenvalue weighted by molar-refractivity contribution is 0.0128. The first-order chi connectivity index (χ1) is 8.19. The smallest absolute Gasteiger partial charge is 0.407 e. The zero-order valence-corrected chi connectivity index (χ0v) is 12.1. The molecule has 1 amide bonds. The zero-order valence-electron chi connectivity index (χ0n) is 12.1. The molecule has 0 aromatic rings. The molecule has 1 heterocycles. The third-order valence-electron chi connectivity index (χ3n) is 3.05. The van der Waals surface area contributed by atoms with Crippen LogP contribution in [0.25, 0.3) is 0 Å². The molecule has 18 heavy (non-hydrogen) atoms. The molecule has 0 aliphatic carbocycles. The molecular formula is C13H26N2O3. The number of ether oxygens (including phenoxy) is 1. The molecule has 2 atom stereocenters. The van der Waals surface area contributed by atoms with Crippen LogP contribution in [-0.4, -0.2) is 53.0 Å². The average Bonchev–Trinajstić information content (AvgIpc) is 2.17. The van der Waals surface area contributed by atoms with Gasteiger partial charge in [-0.25, -0.2) is 4.79 Å². The van der Waals surface area contributed by atoms with Crippen LogP contribution >= 0.6 is 0 Å². The number of hydrogen-bond acceptors (Lipinski definition) is 4. The van der Waals surface area contributed by atoms with Crippen molar-refractivity contribution in [2.75, 3.05) is 13.1 Å². The fourth-order valence-corrected chi connectivity index (χ4v) is 2.05. The van der Waals surface area contributed by atoms with Crippen LogP contribution in [0.15, 0.2) is 0 Å². The van der Waals surface area contributed by atoms with Gasteiger partial charge in [-0.15, -0.1) is 0 Å². The molecule has 0 aromatic heterocycles. The van der Waals surface area contributed by atoms with Crippen LogP contribution in [0.4, 0.5) is 4.79 Å². The Morgan fingerprint density at radius 1 is 1.44 bits per heavy atom. The fraction of sp³-hybridized carbons (Fsp3) is 0.923. The normalized spacial score (nSPS) is 26.2. The van der Waals surface area contributed by atoms with Crippen LogP contribution < -0.4 is 5.32 Å². The highest BCUT2D eigenvalue weighted by Crippen LogP contribution is 2.15. The largest absolute Gasteiger partial charge is 0.444 e. The Morgan fingerprint density at radius 3 is 2.50 bits per heavy atom. The van der Waals surface area contributed by atoms with Crippen LogP contribution in [0, 0.1) is 0 Å². The Hall–Kier alpha value is -0.810. The van der Waals surface area contributed by atoms with Crippen molar-refractivity contribution in [3.05, 3.63) is 0 Å². The van der Waals surface area contributed by atoms with Gasteiger partial charge >= 0.3 is 6.09 Å². The molecule has 1 aliphatic rings. The maximum atomic E-state index is 11.6. The highest BCUT2D eigenvalue weighted by molar-refractivity contribution is 5.68. The van der Waals surface area contributed by atoms with Crippen LogP contribution in [0.2, 0.25) is 0 Å². The van der Waals surface area contributed by atoms with Crippen LogP contribution in [0.5, 0.6) is 0 Å². The van der Waals surface area contributed by atoms with E-state index >= 15 is 0 Å². The number of β-amino-alcohol motifs (C(OH)–C–C–N with tert-alkyl or cyclic N) is 1. The van der Waals surface area contributed by atoms with E-state index < -0.39 is 17.8 Å². The Labute approximate surface area is 109 Å². The number of likely N-dealkylation sites (tertiary alicyclic amines) is 1. The lowest BCUT2D eigenvalue weighted by Crippen LogP contribution is -2.55. The van der Waals surface area contributed by atoms with E-state index in [9.17, 15) is 9.90 Å². The molecule has 1 aliphatic heterocycles. The Kier molecular flexibility index (Phi) is 4.99. The first kappa shape index (κ1) is 15.2. The third kappa shape index (κ3) is 4.82. The second-order valence-electron chi connectivity index (χ2n) is 6.20. The summed E-state index contributed by atoms with van der Waals surface area (Å²) in [5.74, 6) is 0. The number of carbonyl (C=O) groups excluding carboxylic acids is 1. The fourth-order valence-electron chi connectivity index (χ4n) is 2.05. The summed E-state index contributed by atoms with van der Waals surface area (Å²) >= 11 is 0. The number of carbonyl (C=O) groups is 1. The molecule has 0 saturated carbocycles. The third-order valence-corrected chi connectivity index (χ3v) is 3.05. The van der Waals surface area contributed by atoms with Crippen molar-refractivity contribution in [1.29, 1.82) is 0 Å². The summed E-state index contributed by atoms with van der Waals surface area (Å²) in [6.07, 6.45) is -0.239. The maximum absolute atomic E-state index is 11.6. The van der Waals surface area contributed by atoms with E-state index in [1.807, 2.05) is 20.8 Å². The number of alkyl carbamates (subject to hydrolysis) is 1. The van der Waals surface area contributed by atoms with Crippen LogP contribution in [0.3, 0.4) is 0 Å². The number of hydrogen-bond donors (Lipinski definition) is 2. The maximum Gasteiger partial charge on any atom is 0.407 e. The van der Waals surface area contributed by atoms with Gasteiger partial charge in [-0.05, 0) is 41.0 Å². The number of nitrogens with zero attached hydrogens (tertiary/aromatic N) is 1. The summed E-state index contributed by atoms with van der Waals surface area (Å²) in [7, 11) is 0. The van der Waals surface area contributed by atoms with Crippen molar-refractivity contribution >= 4 is 6.09 Å². The Balaban J connectivity index is 2.43. The van der Waals surface area contributed by atoms with Gasteiger partial charge in [0.05, 0.1) is 12.1 Å². The molecule has 2 N–H and O–H groups in total. The summed E-state index contributed by atoms with van der Waals surface area (Å²) in [6.45, 7) is 11.2. The number of aliphatic hydroxyl groups is 1. The van der Waals surface area contributed by atoms with Gasteiger partial charge in [-0.2, -0.15) is 0 Å². The van der Waals surface area contributed by atoms with Crippen molar-refractivity contribution in [2.45, 2.75) is 64.8 Å². The molecule has 0 radical (unpaired) electrons. The van der Waals surface area contributed by atoms with Gasteiger partial charge in [-0.3, -0.25) is 4.90 Å². The quantitative estimate of drug-likeness (QED) is 0.785. The van der Waals surface area contributed by atoms with E-state index in [1.54, 1.807) is 0 Å². The second kappa shape index (κ2) is 5.89. The van der Waals surface area contributed by atoms with Gasteiger partial charge in [0.25, 0.3) is 0 Å². The average molecular weight is 258 g/mol. The van der Waals surface area contributed by atoms with E-state index in [0.29, 0.717) is 12.6 Å². The SMILES string of the molecule is CC(C)N1CCC(NC(=O)OC(C)(C)C)C(O)C1. The van der Waals surface area contributed by atoms with Crippen molar-refractivity contribution < 1.29 is 14.6 Å². The number of aliphatic hydroxyl groups excluding tert-OH is 1. The van der Waals surface area contributed by atoms with E-state index in [4.69, 9.17) is 4.74 Å². The minimum absolute atomic E-state index is 0.213. The van der Waals surface area contributed by atoms with Crippen molar-refractivity contribution in [1.82, 2.24) is 10.2 Å². The van der Waals surface area contributed by atoms with E-state index in [-0.39, 0.29) is 6.04 Å². The topological polar surface area (TPSA) is 61.8 Å². The second-order valence-corrected chi connectivity index (χ2v) is 6.20. The highest BCUT2D eigenvalue weighted by atomic mass is 16.6. The van der Waals surface area contributed by atoms with Gasteiger partial charge in [-0.1, -0.05) is 0 Å². The minimum Gasteiger partial charge on any atom is -0.444 e. The molecule has 106 valence electrons. The molecule has 0 spiro atoms. The van der Waals surface area contributed by atoms with E-state index in [1.165, 1.54) is 0 Å². The van der Waals surface area contributed by atoms with Crippen molar-refractivity contribution in [3.8, 4) is 0 Å². The molecule has 5 nitrogen and oxygen atoms in total. The first-order valence-electron chi connectivity index (χ1n) is 6.60. The van der Waals surface area contributed by atoms with Crippen molar-refractivity contribution in [2.24, 2.45) is 0 Å². The summed E-state index contributed by atoms with van der Waals surface area (Å²) in [6, 6.07) is 0.206. The van der Waals surface area contributed by atoms with Gasteiger partial charge < -0.3 is 15.2 Å². The van der Waals surface area contributed by atoms with Crippen LogP contribution in [0.1, 0.15) is 41.0 Å². The monoisotopic (exact) mass is 258 g/mol. The van der Waals surface area contributed by atoms with E-state index in [0.717, 1.165) is 13.0 Å². The predicted molar refractivity (Wildman–Crippen MR) is 70.5 cm³/mol. The minimum atomic E-state index is -0.534. The van der Waals surface area contributed by atoms with E-state index in [2.05, 4.69) is 24.1 Å².